The van der Waals surface area contributed by atoms with E-state index in [0.717, 1.165) is 39.1 Å². The molecule has 0 aromatic heterocycles. The van der Waals surface area contributed by atoms with E-state index in [2.05, 4.69) is 24.1 Å². The highest BCUT2D eigenvalue weighted by atomic mass is 16.5. The smallest absolute Gasteiger partial charge is 0.253 e. The second-order valence-corrected chi connectivity index (χ2v) is 5.01. The quantitative estimate of drug-likeness (QED) is 0.763. The molecule has 1 N–H and O–H groups in total. The molecular weight excluding hydrogens is 230 g/mol. The number of hydrogen-bond donors (Lipinski definition) is 1. The minimum absolute atomic E-state index is 0.164. The van der Waals surface area contributed by atoms with Crippen molar-refractivity contribution in [2.75, 3.05) is 45.9 Å². The van der Waals surface area contributed by atoms with Gasteiger partial charge in [0.2, 0.25) is 0 Å². The molecule has 1 amide bonds. The van der Waals surface area contributed by atoms with Crippen molar-refractivity contribution in [1.29, 1.82) is 0 Å². The molecule has 2 atom stereocenters. The summed E-state index contributed by atoms with van der Waals surface area (Å²) in [5.74, 6) is 0.164. The Labute approximate surface area is 109 Å². The summed E-state index contributed by atoms with van der Waals surface area (Å²) in [6, 6.07) is 0.528. The second kappa shape index (κ2) is 6.50. The lowest BCUT2D eigenvalue weighted by atomic mass is 10.2. The van der Waals surface area contributed by atoms with Crippen LogP contribution in [-0.2, 0) is 9.53 Å². The van der Waals surface area contributed by atoms with Crippen LogP contribution in [0.5, 0.6) is 0 Å². The highest BCUT2D eigenvalue weighted by Crippen LogP contribution is 2.17. The van der Waals surface area contributed by atoms with Gasteiger partial charge in [-0.25, -0.2) is 0 Å². The van der Waals surface area contributed by atoms with Crippen molar-refractivity contribution in [2.45, 2.75) is 32.4 Å². The zero-order chi connectivity index (χ0) is 13.0. The lowest BCUT2D eigenvalue weighted by molar-refractivity contribution is -0.144. The van der Waals surface area contributed by atoms with Crippen molar-refractivity contribution >= 4 is 5.91 Å². The summed E-state index contributed by atoms with van der Waals surface area (Å²) in [6.45, 7) is 10.4. The van der Waals surface area contributed by atoms with E-state index >= 15 is 0 Å². The molecule has 104 valence electrons. The third kappa shape index (κ3) is 3.02. The molecule has 0 spiro atoms. The molecule has 0 aromatic carbocycles. The number of likely N-dealkylation sites (tertiary alicyclic amines) is 1. The third-order valence-corrected chi connectivity index (χ3v) is 4.01. The van der Waals surface area contributed by atoms with Gasteiger partial charge >= 0.3 is 0 Å². The van der Waals surface area contributed by atoms with Gasteiger partial charge in [-0.1, -0.05) is 13.8 Å². The van der Waals surface area contributed by atoms with E-state index < -0.39 is 0 Å². The SMILES string of the molecule is CCN(CC)C1CCN(C(=O)C2CNCCO2)C1. The Hall–Kier alpha value is -0.650. The third-order valence-electron chi connectivity index (χ3n) is 4.01. The first kappa shape index (κ1) is 13.8. The molecule has 2 fully saturated rings. The summed E-state index contributed by atoms with van der Waals surface area (Å²) in [4.78, 5) is 16.7. The molecule has 5 heteroatoms. The molecule has 0 aromatic rings. The first-order valence-electron chi connectivity index (χ1n) is 7.11. The Bertz CT molecular complexity index is 275. The van der Waals surface area contributed by atoms with Crippen molar-refractivity contribution in [3.05, 3.63) is 0 Å². The predicted octanol–water partition coefficient (Wildman–Crippen LogP) is -0.0825. The molecule has 0 bridgehead atoms. The van der Waals surface area contributed by atoms with Crippen LogP contribution in [0.4, 0.5) is 0 Å². The van der Waals surface area contributed by atoms with E-state index in [1.807, 2.05) is 4.90 Å². The zero-order valence-corrected chi connectivity index (χ0v) is 11.5. The average molecular weight is 255 g/mol. The molecule has 2 aliphatic rings. The van der Waals surface area contributed by atoms with Crippen molar-refractivity contribution in [3.8, 4) is 0 Å². The lowest BCUT2D eigenvalue weighted by Gasteiger charge is -2.29. The molecule has 2 heterocycles. The Morgan fingerprint density at radius 1 is 1.44 bits per heavy atom. The van der Waals surface area contributed by atoms with Crippen molar-refractivity contribution in [3.63, 3.8) is 0 Å². The number of nitrogens with zero attached hydrogens (tertiary/aromatic N) is 2. The number of hydrogen-bond acceptors (Lipinski definition) is 4. The molecular formula is C13H25N3O2. The van der Waals surface area contributed by atoms with E-state index in [-0.39, 0.29) is 12.0 Å². The van der Waals surface area contributed by atoms with Gasteiger partial charge in [0, 0.05) is 32.2 Å². The van der Waals surface area contributed by atoms with Gasteiger partial charge in [-0.15, -0.1) is 0 Å². The number of nitrogens with one attached hydrogen (secondary N) is 1. The molecule has 18 heavy (non-hydrogen) atoms. The Morgan fingerprint density at radius 3 is 2.83 bits per heavy atom. The number of likely N-dealkylation sites (N-methyl/N-ethyl adjacent to an activating group) is 1. The maximum Gasteiger partial charge on any atom is 0.253 e. The van der Waals surface area contributed by atoms with Gasteiger partial charge in [-0.3, -0.25) is 9.69 Å². The summed E-state index contributed by atoms with van der Waals surface area (Å²) >= 11 is 0. The molecule has 0 saturated carbocycles. The molecule has 2 rings (SSSR count). The lowest BCUT2D eigenvalue weighted by Crippen LogP contribution is -2.49. The van der Waals surface area contributed by atoms with Crippen LogP contribution in [0.2, 0.25) is 0 Å². The fraction of sp³-hybridized carbons (Fsp3) is 0.923. The van der Waals surface area contributed by atoms with Crippen LogP contribution in [0.3, 0.4) is 0 Å². The summed E-state index contributed by atoms with van der Waals surface area (Å²) in [7, 11) is 0. The summed E-state index contributed by atoms with van der Waals surface area (Å²) in [5.41, 5.74) is 0. The number of amides is 1. The van der Waals surface area contributed by atoms with Crippen LogP contribution >= 0.6 is 0 Å². The first-order valence-corrected chi connectivity index (χ1v) is 7.11. The summed E-state index contributed by atoms with van der Waals surface area (Å²) in [5, 5.41) is 3.21. The fourth-order valence-electron chi connectivity index (χ4n) is 2.91. The Kier molecular flexibility index (Phi) is 4.97. The van der Waals surface area contributed by atoms with E-state index in [9.17, 15) is 4.79 Å². The molecule has 2 aliphatic heterocycles. The highest BCUT2D eigenvalue weighted by Gasteiger charge is 2.33. The fourth-order valence-corrected chi connectivity index (χ4v) is 2.91. The maximum atomic E-state index is 12.3. The minimum atomic E-state index is -0.269. The standard InChI is InChI=1S/C13H25N3O2/c1-3-15(4-2)11-5-7-16(10-11)13(17)12-9-14-6-8-18-12/h11-12,14H,3-10H2,1-2H3. The Morgan fingerprint density at radius 2 is 2.22 bits per heavy atom. The van der Waals surface area contributed by atoms with Crippen molar-refractivity contribution in [1.82, 2.24) is 15.1 Å². The van der Waals surface area contributed by atoms with Gasteiger partial charge in [-0.2, -0.15) is 0 Å². The highest BCUT2D eigenvalue weighted by molar-refractivity contribution is 5.81. The number of carbonyl (C=O) groups is 1. The molecule has 2 unspecified atom stereocenters. The molecule has 5 nitrogen and oxygen atoms in total. The van der Waals surface area contributed by atoms with Gasteiger partial charge < -0.3 is 15.0 Å². The van der Waals surface area contributed by atoms with E-state index in [1.54, 1.807) is 0 Å². The maximum absolute atomic E-state index is 12.3. The van der Waals surface area contributed by atoms with Crippen molar-refractivity contribution < 1.29 is 9.53 Å². The predicted molar refractivity (Wildman–Crippen MR) is 70.5 cm³/mol. The number of morpholine rings is 1. The summed E-state index contributed by atoms with van der Waals surface area (Å²) < 4.78 is 5.53. The van der Waals surface area contributed by atoms with E-state index in [0.29, 0.717) is 19.2 Å². The Balaban J connectivity index is 1.85. The van der Waals surface area contributed by atoms with Crippen LogP contribution < -0.4 is 5.32 Å². The average Bonchev–Trinajstić information content (AvgIpc) is 2.90. The van der Waals surface area contributed by atoms with Gasteiger partial charge in [0.25, 0.3) is 5.91 Å². The van der Waals surface area contributed by atoms with Crippen LogP contribution in [0, 0.1) is 0 Å². The van der Waals surface area contributed by atoms with Crippen LogP contribution in [0.1, 0.15) is 20.3 Å². The monoisotopic (exact) mass is 255 g/mol. The normalized spacial score (nSPS) is 28.9. The van der Waals surface area contributed by atoms with Gasteiger partial charge in [-0.05, 0) is 19.5 Å². The molecule has 0 aliphatic carbocycles. The molecule has 0 radical (unpaired) electrons. The van der Waals surface area contributed by atoms with Crippen LogP contribution in [0.25, 0.3) is 0 Å². The first-order chi connectivity index (χ1) is 8.76. The van der Waals surface area contributed by atoms with Crippen LogP contribution in [0.15, 0.2) is 0 Å². The second-order valence-electron chi connectivity index (χ2n) is 5.01. The topological polar surface area (TPSA) is 44.8 Å². The number of rotatable bonds is 4. The van der Waals surface area contributed by atoms with E-state index in [1.165, 1.54) is 0 Å². The number of ether oxygens (including phenoxy) is 1. The molecule has 2 saturated heterocycles. The largest absolute Gasteiger partial charge is 0.366 e. The zero-order valence-electron chi connectivity index (χ0n) is 11.5. The summed E-state index contributed by atoms with van der Waals surface area (Å²) in [6.07, 6.45) is 0.822. The van der Waals surface area contributed by atoms with Gasteiger partial charge in [0.15, 0.2) is 0 Å². The van der Waals surface area contributed by atoms with Crippen molar-refractivity contribution in [2.24, 2.45) is 0 Å². The van der Waals surface area contributed by atoms with E-state index in [4.69, 9.17) is 4.74 Å². The van der Waals surface area contributed by atoms with Gasteiger partial charge in [0.05, 0.1) is 6.61 Å². The van der Waals surface area contributed by atoms with Gasteiger partial charge in [0.1, 0.15) is 6.10 Å². The van der Waals surface area contributed by atoms with Crippen LogP contribution in [-0.4, -0.2) is 73.7 Å². The number of carbonyl (C=O) groups excluding carboxylic acids is 1. The minimum Gasteiger partial charge on any atom is -0.366 e.